The highest BCUT2D eigenvalue weighted by Gasteiger charge is 2.38. The van der Waals surface area contributed by atoms with Gasteiger partial charge in [0.25, 0.3) is 5.91 Å². The van der Waals surface area contributed by atoms with Gasteiger partial charge in [0.1, 0.15) is 0 Å². The normalized spacial score (nSPS) is 18.6. The van der Waals surface area contributed by atoms with E-state index in [1.54, 1.807) is 11.6 Å². The van der Waals surface area contributed by atoms with Gasteiger partial charge in [-0.3, -0.25) is 10.0 Å². The van der Waals surface area contributed by atoms with Crippen LogP contribution in [0.5, 0.6) is 0 Å². The van der Waals surface area contributed by atoms with Crippen LogP contribution in [0, 0.1) is 5.41 Å². The molecular formula is C20H26F3N3O4. The molecule has 0 radical (unpaired) electrons. The quantitative estimate of drug-likeness (QED) is 0.335. The highest BCUT2D eigenvalue weighted by molar-refractivity contribution is 5.91. The van der Waals surface area contributed by atoms with E-state index < -0.39 is 18.1 Å². The van der Waals surface area contributed by atoms with Crippen LogP contribution in [0.25, 0.3) is 6.08 Å². The van der Waals surface area contributed by atoms with Crippen LogP contribution >= 0.6 is 0 Å². The molecule has 10 heteroatoms. The van der Waals surface area contributed by atoms with Gasteiger partial charge in [0, 0.05) is 24.9 Å². The third-order valence-electron chi connectivity index (χ3n) is 5.53. The topological polar surface area (TPSA) is 102 Å². The van der Waals surface area contributed by atoms with Crippen molar-refractivity contribution >= 4 is 23.6 Å². The standard InChI is InChI=1S/C18H25N3O2.C2HF3O2/c22-17(20-23)6-5-15-3-1-2-4-16(15)21-13-9-18(10-14-21)7-11-19-12-8-18;3-2(4,5)1(6)7/h1-6,19,23H,7-14H2,(H,20,22);(H,6,7)/b6-5+;. The Balaban J connectivity index is 0.000000396. The molecule has 2 aliphatic rings. The minimum absolute atomic E-state index is 0.507. The summed E-state index contributed by atoms with van der Waals surface area (Å²) in [6.45, 7) is 4.43. The number of nitrogens with zero attached hydrogens (tertiary/aromatic N) is 1. The number of amides is 1. The Labute approximate surface area is 172 Å². The lowest BCUT2D eigenvalue weighted by Gasteiger charge is -2.45. The first kappa shape index (κ1) is 23.7. The lowest BCUT2D eigenvalue weighted by atomic mass is 9.71. The van der Waals surface area contributed by atoms with Crippen LogP contribution in [0.2, 0.25) is 0 Å². The van der Waals surface area contributed by atoms with Crippen molar-refractivity contribution in [2.45, 2.75) is 31.9 Å². The van der Waals surface area contributed by atoms with Crippen LogP contribution < -0.4 is 15.7 Å². The average molecular weight is 429 g/mol. The minimum atomic E-state index is -5.08. The zero-order chi connectivity index (χ0) is 22.2. The molecular weight excluding hydrogens is 403 g/mol. The molecule has 0 atom stereocenters. The van der Waals surface area contributed by atoms with Gasteiger partial charge in [-0.1, -0.05) is 18.2 Å². The monoisotopic (exact) mass is 429 g/mol. The summed E-state index contributed by atoms with van der Waals surface area (Å²) in [6.07, 6.45) is 3.10. The van der Waals surface area contributed by atoms with Crippen molar-refractivity contribution in [1.82, 2.24) is 10.8 Å². The number of alkyl halides is 3. The maximum Gasteiger partial charge on any atom is 0.490 e. The highest BCUT2D eigenvalue weighted by Crippen LogP contribution is 2.41. The molecule has 1 aromatic carbocycles. The number of rotatable bonds is 3. The number of piperidine rings is 2. The van der Waals surface area contributed by atoms with Gasteiger partial charge in [0.05, 0.1) is 0 Å². The summed E-state index contributed by atoms with van der Waals surface area (Å²) in [5.74, 6) is -3.26. The lowest BCUT2D eigenvalue weighted by Crippen LogP contribution is -2.45. The highest BCUT2D eigenvalue weighted by atomic mass is 19.4. The summed E-state index contributed by atoms with van der Waals surface area (Å²) < 4.78 is 31.7. The van der Waals surface area contributed by atoms with E-state index in [0.29, 0.717) is 5.41 Å². The number of carboxylic acid groups (broad SMARTS) is 1. The first-order chi connectivity index (χ1) is 14.2. The Morgan fingerprint density at radius 2 is 1.67 bits per heavy atom. The zero-order valence-electron chi connectivity index (χ0n) is 16.4. The van der Waals surface area contributed by atoms with Crippen molar-refractivity contribution in [1.29, 1.82) is 0 Å². The molecule has 0 unspecified atom stereocenters. The molecule has 2 saturated heterocycles. The van der Waals surface area contributed by atoms with E-state index >= 15 is 0 Å². The number of benzene rings is 1. The number of hydrogen-bond donors (Lipinski definition) is 4. The predicted octanol–water partition coefficient (Wildman–Crippen LogP) is 2.81. The number of anilines is 1. The van der Waals surface area contributed by atoms with E-state index in [4.69, 9.17) is 15.1 Å². The number of halogens is 3. The van der Waals surface area contributed by atoms with E-state index in [9.17, 15) is 18.0 Å². The molecule has 1 aromatic rings. The first-order valence-corrected chi connectivity index (χ1v) is 9.64. The molecule has 4 N–H and O–H groups in total. The molecule has 7 nitrogen and oxygen atoms in total. The number of para-hydroxylation sites is 1. The molecule has 30 heavy (non-hydrogen) atoms. The number of nitrogens with one attached hydrogen (secondary N) is 2. The molecule has 166 valence electrons. The van der Waals surface area contributed by atoms with Crippen LogP contribution in [-0.2, 0) is 9.59 Å². The summed E-state index contributed by atoms with van der Waals surface area (Å²) >= 11 is 0. The Morgan fingerprint density at radius 3 is 2.20 bits per heavy atom. The molecule has 0 aromatic heterocycles. The Kier molecular flexibility index (Phi) is 8.24. The number of carboxylic acids is 1. The Hall–Kier alpha value is -2.59. The van der Waals surface area contributed by atoms with E-state index in [1.807, 2.05) is 18.2 Å². The van der Waals surface area contributed by atoms with Gasteiger partial charge in [0.2, 0.25) is 0 Å². The van der Waals surface area contributed by atoms with Crippen LogP contribution in [0.4, 0.5) is 18.9 Å². The average Bonchev–Trinajstić information content (AvgIpc) is 2.73. The van der Waals surface area contributed by atoms with E-state index in [-0.39, 0.29) is 0 Å². The predicted molar refractivity (Wildman–Crippen MR) is 105 cm³/mol. The molecule has 1 spiro atoms. The summed E-state index contributed by atoms with van der Waals surface area (Å²) in [6, 6.07) is 8.12. The fourth-order valence-corrected chi connectivity index (χ4v) is 3.80. The number of carbonyl (C=O) groups is 2. The smallest absolute Gasteiger partial charge is 0.475 e. The maximum absolute atomic E-state index is 11.2. The van der Waals surface area contributed by atoms with Crippen molar-refractivity contribution in [2.24, 2.45) is 5.41 Å². The van der Waals surface area contributed by atoms with Crippen molar-refractivity contribution in [3.05, 3.63) is 35.9 Å². The maximum atomic E-state index is 11.2. The van der Waals surface area contributed by atoms with E-state index in [0.717, 1.165) is 31.7 Å². The fraction of sp³-hybridized carbons (Fsp3) is 0.500. The SMILES string of the molecule is O=C(/C=C/c1ccccc1N1CCC2(CCNCC2)CC1)NO.O=C(O)C(F)(F)F. The first-order valence-electron chi connectivity index (χ1n) is 9.64. The number of hydrogen-bond acceptors (Lipinski definition) is 5. The number of hydroxylamine groups is 1. The number of carbonyl (C=O) groups excluding carboxylic acids is 1. The van der Waals surface area contributed by atoms with Gasteiger partial charge in [-0.15, -0.1) is 0 Å². The summed E-state index contributed by atoms with van der Waals surface area (Å²) in [5, 5.41) is 19.2. The van der Waals surface area contributed by atoms with E-state index in [2.05, 4.69) is 16.3 Å². The van der Waals surface area contributed by atoms with Crippen molar-refractivity contribution in [3.63, 3.8) is 0 Å². The van der Waals surface area contributed by atoms with Gasteiger partial charge < -0.3 is 15.3 Å². The number of aliphatic carboxylic acids is 1. The summed E-state index contributed by atoms with van der Waals surface area (Å²) in [5.41, 5.74) is 4.34. The molecule has 2 fully saturated rings. The van der Waals surface area contributed by atoms with Gasteiger partial charge in [-0.05, 0) is 61.9 Å². The summed E-state index contributed by atoms with van der Waals surface area (Å²) in [7, 11) is 0. The molecule has 2 heterocycles. The molecule has 0 aliphatic carbocycles. The van der Waals surface area contributed by atoms with Gasteiger partial charge in [-0.25, -0.2) is 10.3 Å². The lowest BCUT2D eigenvalue weighted by molar-refractivity contribution is -0.192. The zero-order valence-corrected chi connectivity index (χ0v) is 16.4. The Bertz CT molecular complexity index is 752. The van der Waals surface area contributed by atoms with Gasteiger partial charge in [0.15, 0.2) is 0 Å². The third kappa shape index (κ3) is 6.74. The van der Waals surface area contributed by atoms with Crippen LogP contribution in [0.15, 0.2) is 30.3 Å². The fourth-order valence-electron chi connectivity index (χ4n) is 3.80. The van der Waals surface area contributed by atoms with Crippen molar-refractivity contribution < 1.29 is 33.1 Å². The van der Waals surface area contributed by atoms with Gasteiger partial charge >= 0.3 is 12.1 Å². The van der Waals surface area contributed by atoms with Crippen LogP contribution in [0.1, 0.15) is 31.2 Å². The summed E-state index contributed by atoms with van der Waals surface area (Å²) in [4.78, 5) is 22.5. The largest absolute Gasteiger partial charge is 0.490 e. The minimum Gasteiger partial charge on any atom is -0.475 e. The second-order valence-electron chi connectivity index (χ2n) is 7.41. The van der Waals surface area contributed by atoms with Crippen molar-refractivity contribution in [3.8, 4) is 0 Å². The molecule has 3 rings (SSSR count). The van der Waals surface area contributed by atoms with E-state index in [1.165, 1.54) is 37.4 Å². The van der Waals surface area contributed by atoms with Gasteiger partial charge in [-0.2, -0.15) is 13.2 Å². The molecule has 0 bridgehead atoms. The second kappa shape index (κ2) is 10.4. The van der Waals surface area contributed by atoms with Crippen LogP contribution in [-0.4, -0.2) is 54.5 Å². The second-order valence-corrected chi connectivity index (χ2v) is 7.41. The molecule has 2 aliphatic heterocycles. The molecule has 0 saturated carbocycles. The third-order valence-corrected chi connectivity index (χ3v) is 5.53. The molecule has 1 amide bonds. The Morgan fingerprint density at radius 1 is 1.10 bits per heavy atom. The van der Waals surface area contributed by atoms with Crippen molar-refractivity contribution in [2.75, 3.05) is 31.1 Å². The van der Waals surface area contributed by atoms with Crippen LogP contribution in [0.3, 0.4) is 0 Å².